The van der Waals surface area contributed by atoms with Crippen LogP contribution < -0.4 is 11.1 Å². The molecule has 0 fully saturated rings. The van der Waals surface area contributed by atoms with Crippen molar-refractivity contribution in [1.29, 1.82) is 0 Å². The van der Waals surface area contributed by atoms with Crippen LogP contribution in [0.4, 0.5) is 15.8 Å². The highest BCUT2D eigenvalue weighted by atomic mass is 19.1. The minimum Gasteiger partial charge on any atom is -0.465 e. The molecule has 0 amide bonds. The van der Waals surface area contributed by atoms with Crippen LogP contribution in [0, 0.1) is 11.2 Å². The first-order chi connectivity index (χ1) is 9.66. The molecule has 0 aliphatic carbocycles. The summed E-state index contributed by atoms with van der Waals surface area (Å²) in [6.07, 6.45) is 0. The van der Waals surface area contributed by atoms with Crippen molar-refractivity contribution in [2.24, 2.45) is 5.41 Å². The van der Waals surface area contributed by atoms with Gasteiger partial charge in [0.2, 0.25) is 0 Å². The Labute approximate surface area is 125 Å². The predicted molar refractivity (Wildman–Crippen MR) is 83.0 cm³/mol. The van der Waals surface area contributed by atoms with E-state index in [4.69, 9.17) is 5.73 Å². The lowest BCUT2D eigenvalue weighted by molar-refractivity contribution is 0.0602. The van der Waals surface area contributed by atoms with E-state index >= 15 is 0 Å². The second-order valence-corrected chi connectivity index (χ2v) is 6.17. The highest BCUT2D eigenvalue weighted by Crippen LogP contribution is 2.25. The van der Waals surface area contributed by atoms with Crippen molar-refractivity contribution in [1.82, 2.24) is 4.90 Å². The maximum Gasteiger partial charge on any atom is 0.340 e. The number of hydrogen-bond donors (Lipinski definition) is 2. The molecule has 0 saturated heterocycles. The second kappa shape index (κ2) is 6.76. The zero-order valence-corrected chi connectivity index (χ0v) is 13.3. The number of anilines is 2. The Morgan fingerprint density at radius 2 is 2.05 bits per heavy atom. The van der Waals surface area contributed by atoms with Crippen molar-refractivity contribution in [2.75, 3.05) is 45.3 Å². The number of nitrogens with two attached hydrogens (primary N) is 1. The number of methoxy groups -OCH3 is 1. The van der Waals surface area contributed by atoms with Crippen molar-refractivity contribution in [3.8, 4) is 0 Å². The monoisotopic (exact) mass is 297 g/mol. The molecule has 0 atom stereocenters. The molecule has 0 unspecified atom stereocenters. The van der Waals surface area contributed by atoms with Crippen molar-refractivity contribution in [3.05, 3.63) is 23.5 Å². The number of benzene rings is 1. The summed E-state index contributed by atoms with van der Waals surface area (Å²) in [4.78, 5) is 13.7. The van der Waals surface area contributed by atoms with Gasteiger partial charge < -0.3 is 20.7 Å². The molecule has 1 aromatic carbocycles. The van der Waals surface area contributed by atoms with Gasteiger partial charge in [0.1, 0.15) is 5.82 Å². The quantitative estimate of drug-likeness (QED) is 0.622. The van der Waals surface area contributed by atoms with Gasteiger partial charge in [-0.05, 0) is 31.6 Å². The Morgan fingerprint density at radius 1 is 1.43 bits per heavy atom. The number of hydrogen-bond acceptors (Lipinski definition) is 5. The van der Waals surface area contributed by atoms with Gasteiger partial charge in [0.05, 0.1) is 18.4 Å². The third-order valence-electron chi connectivity index (χ3n) is 3.05. The number of rotatable bonds is 6. The fourth-order valence-electron chi connectivity index (χ4n) is 2.26. The molecule has 21 heavy (non-hydrogen) atoms. The van der Waals surface area contributed by atoms with Crippen LogP contribution in [0.15, 0.2) is 12.1 Å². The molecule has 0 radical (unpaired) electrons. The zero-order chi connectivity index (χ0) is 16.2. The van der Waals surface area contributed by atoms with E-state index in [0.29, 0.717) is 6.54 Å². The van der Waals surface area contributed by atoms with E-state index in [2.05, 4.69) is 28.8 Å². The van der Waals surface area contributed by atoms with Crippen LogP contribution in [-0.2, 0) is 4.74 Å². The van der Waals surface area contributed by atoms with Crippen LogP contribution in [0.3, 0.4) is 0 Å². The summed E-state index contributed by atoms with van der Waals surface area (Å²) < 4.78 is 18.6. The molecule has 6 heteroatoms. The molecular weight excluding hydrogens is 273 g/mol. The molecular formula is C15H24FN3O2. The minimum absolute atomic E-state index is 0.0528. The summed E-state index contributed by atoms with van der Waals surface area (Å²) in [6, 6.07) is 2.52. The Bertz CT molecular complexity index is 516. The fraction of sp³-hybridized carbons (Fsp3) is 0.533. The average Bonchev–Trinajstić information content (AvgIpc) is 2.35. The lowest BCUT2D eigenvalue weighted by Gasteiger charge is -2.29. The highest BCUT2D eigenvalue weighted by Gasteiger charge is 2.20. The highest BCUT2D eigenvalue weighted by molar-refractivity contribution is 5.96. The Kier molecular flexibility index (Phi) is 5.54. The number of nitrogen functional groups attached to an aromatic ring is 1. The average molecular weight is 297 g/mol. The lowest BCUT2D eigenvalue weighted by Crippen LogP contribution is -2.34. The van der Waals surface area contributed by atoms with E-state index in [1.54, 1.807) is 0 Å². The van der Waals surface area contributed by atoms with E-state index in [1.807, 2.05) is 14.1 Å². The van der Waals surface area contributed by atoms with Crippen molar-refractivity contribution < 1.29 is 13.9 Å². The summed E-state index contributed by atoms with van der Waals surface area (Å²) >= 11 is 0. The Morgan fingerprint density at radius 3 is 2.57 bits per heavy atom. The van der Waals surface area contributed by atoms with Gasteiger partial charge in [-0.25, -0.2) is 9.18 Å². The molecule has 118 valence electrons. The predicted octanol–water partition coefficient (Wildman–Crippen LogP) is 2.19. The summed E-state index contributed by atoms with van der Waals surface area (Å²) in [5.74, 6) is -1.07. The minimum atomic E-state index is -0.580. The molecule has 0 heterocycles. The molecule has 0 aromatic heterocycles. The number of halogens is 1. The standard InChI is InChI=1S/C15H24FN3O2/c1-15(2,9-19(3)4)8-18-13-6-10(14(20)21-5)12(17)7-11(13)16/h6-7,18H,8-9,17H2,1-5H3. The summed E-state index contributed by atoms with van der Waals surface area (Å²) in [5, 5.41) is 3.04. The first-order valence-electron chi connectivity index (χ1n) is 6.72. The summed E-state index contributed by atoms with van der Waals surface area (Å²) in [7, 11) is 5.24. The van der Waals surface area contributed by atoms with Crippen LogP contribution in [0.1, 0.15) is 24.2 Å². The smallest absolute Gasteiger partial charge is 0.340 e. The molecule has 3 N–H and O–H groups in total. The van der Waals surface area contributed by atoms with Gasteiger partial charge in [-0.1, -0.05) is 13.8 Å². The van der Waals surface area contributed by atoms with E-state index in [9.17, 15) is 9.18 Å². The normalized spacial score (nSPS) is 11.6. The lowest BCUT2D eigenvalue weighted by atomic mass is 9.93. The number of carbonyl (C=O) groups excluding carboxylic acids is 1. The zero-order valence-electron chi connectivity index (χ0n) is 13.3. The Balaban J connectivity index is 2.91. The van der Waals surface area contributed by atoms with E-state index in [-0.39, 0.29) is 22.4 Å². The second-order valence-electron chi connectivity index (χ2n) is 6.17. The van der Waals surface area contributed by atoms with E-state index in [1.165, 1.54) is 13.2 Å². The van der Waals surface area contributed by atoms with Gasteiger partial charge in [0, 0.05) is 18.8 Å². The van der Waals surface area contributed by atoms with Crippen LogP contribution >= 0.6 is 0 Å². The molecule has 1 rings (SSSR count). The summed E-state index contributed by atoms with van der Waals surface area (Å²) in [6.45, 7) is 5.57. The summed E-state index contributed by atoms with van der Waals surface area (Å²) in [5.41, 5.74) is 6.06. The molecule has 0 saturated carbocycles. The SMILES string of the molecule is COC(=O)c1cc(NCC(C)(C)CN(C)C)c(F)cc1N. The van der Waals surface area contributed by atoms with Crippen molar-refractivity contribution in [3.63, 3.8) is 0 Å². The van der Waals surface area contributed by atoms with Crippen LogP contribution in [0.5, 0.6) is 0 Å². The van der Waals surface area contributed by atoms with Crippen molar-refractivity contribution in [2.45, 2.75) is 13.8 Å². The van der Waals surface area contributed by atoms with Gasteiger partial charge in [-0.2, -0.15) is 0 Å². The molecule has 0 spiro atoms. The van der Waals surface area contributed by atoms with Gasteiger partial charge in [0.15, 0.2) is 0 Å². The van der Waals surface area contributed by atoms with Gasteiger partial charge in [-0.15, -0.1) is 0 Å². The largest absolute Gasteiger partial charge is 0.465 e. The van der Waals surface area contributed by atoms with Crippen LogP contribution in [0.25, 0.3) is 0 Å². The third kappa shape index (κ3) is 4.90. The van der Waals surface area contributed by atoms with E-state index < -0.39 is 11.8 Å². The Hall–Kier alpha value is -1.82. The fourth-order valence-corrected chi connectivity index (χ4v) is 2.26. The maximum atomic E-state index is 13.9. The molecule has 1 aromatic rings. The number of esters is 1. The number of carbonyl (C=O) groups is 1. The first-order valence-corrected chi connectivity index (χ1v) is 6.72. The topological polar surface area (TPSA) is 67.6 Å². The van der Waals surface area contributed by atoms with E-state index in [0.717, 1.165) is 12.6 Å². The number of nitrogens with one attached hydrogen (secondary N) is 1. The number of nitrogens with zero attached hydrogens (tertiary/aromatic N) is 1. The molecule has 0 aliphatic heterocycles. The van der Waals surface area contributed by atoms with Crippen LogP contribution in [0.2, 0.25) is 0 Å². The number of ether oxygens (including phenoxy) is 1. The van der Waals surface area contributed by atoms with Gasteiger partial charge in [-0.3, -0.25) is 0 Å². The first kappa shape index (κ1) is 17.2. The van der Waals surface area contributed by atoms with Crippen molar-refractivity contribution >= 4 is 17.3 Å². The van der Waals surface area contributed by atoms with Gasteiger partial charge >= 0.3 is 5.97 Å². The molecule has 0 aliphatic rings. The maximum absolute atomic E-state index is 13.9. The third-order valence-corrected chi connectivity index (χ3v) is 3.05. The molecule has 5 nitrogen and oxygen atoms in total. The van der Waals surface area contributed by atoms with Crippen LogP contribution in [-0.4, -0.2) is 45.2 Å². The molecule has 0 bridgehead atoms. The van der Waals surface area contributed by atoms with Gasteiger partial charge in [0.25, 0.3) is 0 Å².